The lowest BCUT2D eigenvalue weighted by atomic mass is 9.98. The summed E-state index contributed by atoms with van der Waals surface area (Å²) in [6.45, 7) is 5.71. The van der Waals surface area contributed by atoms with Crippen LogP contribution in [0.4, 0.5) is 13.2 Å². The molecule has 3 rings (SSSR count). The van der Waals surface area contributed by atoms with Gasteiger partial charge in [-0.25, -0.2) is 0 Å². The fraction of sp³-hybridized carbons (Fsp3) is 0.294. The van der Waals surface area contributed by atoms with Gasteiger partial charge in [-0.15, -0.1) is 21.8 Å². The zero-order chi connectivity index (χ0) is 17.6. The number of fused-ring (bicyclic) bond motifs is 1. The van der Waals surface area contributed by atoms with Crippen LogP contribution in [-0.4, -0.2) is 14.6 Å². The molecule has 0 N–H and O–H groups in total. The van der Waals surface area contributed by atoms with Crippen LogP contribution in [-0.2, 0) is 6.18 Å². The van der Waals surface area contributed by atoms with Gasteiger partial charge in [0.25, 0.3) is 0 Å². The van der Waals surface area contributed by atoms with Crippen LogP contribution < -0.4 is 0 Å². The van der Waals surface area contributed by atoms with Crippen LogP contribution >= 0.6 is 11.6 Å². The summed E-state index contributed by atoms with van der Waals surface area (Å²) < 4.78 is 39.8. The van der Waals surface area contributed by atoms with E-state index in [-0.39, 0.29) is 5.65 Å². The molecular weight excluding hydrogens is 339 g/mol. The van der Waals surface area contributed by atoms with E-state index < -0.39 is 17.4 Å². The third-order valence-electron chi connectivity index (χ3n) is 4.22. The summed E-state index contributed by atoms with van der Waals surface area (Å²) in [5, 5.41) is 6.49. The molecule has 0 bridgehead atoms. The lowest BCUT2D eigenvalue weighted by Gasteiger charge is -2.15. The minimum atomic E-state index is -4.55. The SMILES string of the molecule is Cc1ccc(C(Cl)c2ccn3c(C(F)(F)F)nnc3c2C)cc1C. The summed E-state index contributed by atoms with van der Waals surface area (Å²) in [6.07, 6.45) is -3.24. The highest BCUT2D eigenvalue weighted by molar-refractivity contribution is 6.22. The van der Waals surface area contributed by atoms with Gasteiger partial charge in [-0.3, -0.25) is 4.40 Å². The van der Waals surface area contributed by atoms with Crippen LogP contribution in [0.5, 0.6) is 0 Å². The van der Waals surface area contributed by atoms with E-state index in [4.69, 9.17) is 11.6 Å². The smallest absolute Gasteiger partial charge is 0.279 e. The van der Waals surface area contributed by atoms with Gasteiger partial charge in [0.1, 0.15) is 0 Å². The van der Waals surface area contributed by atoms with E-state index in [2.05, 4.69) is 10.2 Å². The van der Waals surface area contributed by atoms with E-state index in [9.17, 15) is 13.2 Å². The standard InChI is InChI=1S/C17H15ClF3N3/c1-9-4-5-12(8-10(9)2)14(18)13-6-7-24-15(11(13)3)22-23-16(24)17(19,20)21/h4-8,14H,1-3H3. The second-order valence-electron chi connectivity index (χ2n) is 5.82. The predicted octanol–water partition coefficient (Wildman–Crippen LogP) is 5.00. The van der Waals surface area contributed by atoms with Gasteiger partial charge in [-0.1, -0.05) is 18.2 Å². The van der Waals surface area contributed by atoms with Crippen molar-refractivity contribution in [2.24, 2.45) is 0 Å². The van der Waals surface area contributed by atoms with Crippen molar-refractivity contribution in [3.63, 3.8) is 0 Å². The molecule has 2 heterocycles. The first-order valence-electron chi connectivity index (χ1n) is 7.33. The van der Waals surface area contributed by atoms with Crippen LogP contribution in [0, 0.1) is 20.8 Å². The van der Waals surface area contributed by atoms with Gasteiger partial charge in [0.2, 0.25) is 5.82 Å². The summed E-state index contributed by atoms with van der Waals surface area (Å²) in [7, 11) is 0. The maximum absolute atomic E-state index is 12.9. The lowest BCUT2D eigenvalue weighted by molar-refractivity contribution is -0.145. The summed E-state index contributed by atoms with van der Waals surface area (Å²) in [5.41, 5.74) is 4.62. The summed E-state index contributed by atoms with van der Waals surface area (Å²) in [4.78, 5) is 0. The van der Waals surface area contributed by atoms with Gasteiger partial charge < -0.3 is 0 Å². The maximum atomic E-state index is 12.9. The number of rotatable bonds is 2. The van der Waals surface area contributed by atoms with Crippen LogP contribution in [0.1, 0.15) is 39.0 Å². The Balaban J connectivity index is 2.10. The molecule has 0 saturated heterocycles. The molecule has 126 valence electrons. The molecule has 0 radical (unpaired) electrons. The number of hydrogen-bond acceptors (Lipinski definition) is 2. The normalized spacial score (nSPS) is 13.5. The Labute approximate surface area is 142 Å². The van der Waals surface area contributed by atoms with Crippen molar-refractivity contribution >= 4 is 17.2 Å². The van der Waals surface area contributed by atoms with Crippen molar-refractivity contribution in [1.29, 1.82) is 0 Å². The number of benzene rings is 1. The van der Waals surface area contributed by atoms with E-state index in [1.807, 2.05) is 32.0 Å². The number of hydrogen-bond donors (Lipinski definition) is 0. The number of aromatic nitrogens is 3. The Kier molecular flexibility index (Phi) is 4.03. The fourth-order valence-electron chi connectivity index (χ4n) is 2.67. The van der Waals surface area contributed by atoms with E-state index >= 15 is 0 Å². The summed E-state index contributed by atoms with van der Waals surface area (Å²) in [5.74, 6) is -1.04. The van der Waals surface area contributed by atoms with E-state index in [0.717, 1.165) is 21.1 Å². The molecule has 3 aromatic rings. The fourth-order valence-corrected chi connectivity index (χ4v) is 3.04. The quantitative estimate of drug-likeness (QED) is 0.607. The van der Waals surface area contributed by atoms with Crippen LogP contribution in [0.3, 0.4) is 0 Å². The van der Waals surface area contributed by atoms with Gasteiger partial charge in [-0.2, -0.15) is 13.2 Å². The first kappa shape index (κ1) is 16.8. The van der Waals surface area contributed by atoms with Crippen molar-refractivity contribution in [2.75, 3.05) is 0 Å². The molecule has 0 aliphatic rings. The second kappa shape index (κ2) is 5.77. The molecular formula is C17H15ClF3N3. The van der Waals surface area contributed by atoms with Crippen molar-refractivity contribution in [3.05, 3.63) is 64.1 Å². The molecule has 3 nitrogen and oxygen atoms in total. The van der Waals surface area contributed by atoms with Crippen molar-refractivity contribution in [3.8, 4) is 0 Å². The number of alkyl halides is 4. The van der Waals surface area contributed by atoms with Gasteiger partial charge in [0, 0.05) is 6.20 Å². The number of nitrogens with zero attached hydrogens (tertiary/aromatic N) is 3. The third-order valence-corrected chi connectivity index (χ3v) is 4.70. The Hall–Kier alpha value is -2.08. The van der Waals surface area contributed by atoms with Gasteiger partial charge in [-0.05, 0) is 54.7 Å². The average Bonchev–Trinajstić information content (AvgIpc) is 2.95. The van der Waals surface area contributed by atoms with Crippen molar-refractivity contribution in [2.45, 2.75) is 32.3 Å². The maximum Gasteiger partial charge on any atom is 0.452 e. The van der Waals surface area contributed by atoms with Crippen molar-refractivity contribution < 1.29 is 13.2 Å². The van der Waals surface area contributed by atoms with E-state index in [1.165, 1.54) is 6.20 Å². The molecule has 0 saturated carbocycles. The van der Waals surface area contributed by atoms with Crippen LogP contribution in [0.2, 0.25) is 0 Å². The van der Waals surface area contributed by atoms with Gasteiger partial charge >= 0.3 is 6.18 Å². The molecule has 0 aliphatic heterocycles. The van der Waals surface area contributed by atoms with Crippen LogP contribution in [0.15, 0.2) is 30.5 Å². The zero-order valence-electron chi connectivity index (χ0n) is 13.3. The number of halogens is 4. The molecule has 1 atom stereocenters. The minimum Gasteiger partial charge on any atom is -0.279 e. The largest absolute Gasteiger partial charge is 0.452 e. The number of aryl methyl sites for hydroxylation is 3. The highest BCUT2D eigenvalue weighted by Gasteiger charge is 2.37. The molecule has 2 aromatic heterocycles. The highest BCUT2D eigenvalue weighted by atomic mass is 35.5. The first-order chi connectivity index (χ1) is 11.2. The average molecular weight is 354 g/mol. The molecule has 0 spiro atoms. The zero-order valence-corrected chi connectivity index (χ0v) is 14.1. The topological polar surface area (TPSA) is 30.2 Å². The Bertz CT molecular complexity index is 915. The van der Waals surface area contributed by atoms with E-state index in [0.29, 0.717) is 11.1 Å². The molecule has 24 heavy (non-hydrogen) atoms. The Morgan fingerprint density at radius 3 is 2.38 bits per heavy atom. The van der Waals surface area contributed by atoms with Crippen LogP contribution in [0.25, 0.3) is 5.65 Å². The third kappa shape index (κ3) is 2.75. The van der Waals surface area contributed by atoms with Gasteiger partial charge in [0.05, 0.1) is 5.38 Å². The lowest BCUT2D eigenvalue weighted by Crippen LogP contribution is -2.11. The molecule has 0 amide bonds. The van der Waals surface area contributed by atoms with Gasteiger partial charge in [0.15, 0.2) is 5.65 Å². The molecule has 7 heteroatoms. The summed E-state index contributed by atoms with van der Waals surface area (Å²) >= 11 is 6.58. The first-order valence-corrected chi connectivity index (χ1v) is 7.76. The van der Waals surface area contributed by atoms with E-state index in [1.54, 1.807) is 13.0 Å². The second-order valence-corrected chi connectivity index (χ2v) is 6.25. The molecule has 0 aliphatic carbocycles. The number of pyridine rings is 1. The summed E-state index contributed by atoms with van der Waals surface area (Å²) in [6, 6.07) is 7.48. The molecule has 1 aromatic carbocycles. The Morgan fingerprint density at radius 1 is 1.04 bits per heavy atom. The highest BCUT2D eigenvalue weighted by Crippen LogP contribution is 2.34. The van der Waals surface area contributed by atoms with Crippen molar-refractivity contribution in [1.82, 2.24) is 14.6 Å². The monoisotopic (exact) mass is 353 g/mol. The minimum absolute atomic E-state index is 0.161. The molecule has 1 unspecified atom stereocenters. The predicted molar refractivity (Wildman–Crippen MR) is 86.3 cm³/mol. The molecule has 0 fully saturated rings. The Morgan fingerprint density at radius 2 is 1.75 bits per heavy atom.